The summed E-state index contributed by atoms with van der Waals surface area (Å²) in [5, 5.41) is 7.49. The van der Waals surface area contributed by atoms with E-state index in [9.17, 15) is 14.4 Å². The molecule has 1 saturated heterocycles. The number of carbonyl (C=O) groups is 3. The number of hydrogen-bond acceptors (Lipinski definition) is 7. The van der Waals surface area contributed by atoms with E-state index in [1.54, 1.807) is 35.7 Å². The first-order valence-corrected chi connectivity index (χ1v) is 14.2. The van der Waals surface area contributed by atoms with Crippen LogP contribution in [0.4, 0.5) is 5.69 Å². The lowest BCUT2D eigenvalue weighted by Gasteiger charge is -2.32. The molecule has 1 aliphatic heterocycles. The van der Waals surface area contributed by atoms with Gasteiger partial charge in [-0.3, -0.25) is 19.3 Å². The molecule has 40 heavy (non-hydrogen) atoms. The standard InChI is InChI=1S/C30H35N3O6S/c1-4-20-9-12-22(13-10-20)33(27(34)19-32-29(35)26-8-6-16-40-26)28(30(36)31-18-23-7-5-15-39-23)21-11-14-24(37-2)25(17-21)38-3/h6,8-14,16-17,23,28H,4-5,7,15,18-19H2,1-3H3,(H,31,36)(H,32,35). The summed E-state index contributed by atoms with van der Waals surface area (Å²) in [6.45, 7) is 2.74. The van der Waals surface area contributed by atoms with Gasteiger partial charge >= 0.3 is 0 Å². The number of ether oxygens (including phenoxy) is 3. The van der Waals surface area contributed by atoms with E-state index in [0.717, 1.165) is 24.8 Å². The van der Waals surface area contributed by atoms with Gasteiger partial charge < -0.3 is 24.8 Å². The maximum atomic E-state index is 13.9. The van der Waals surface area contributed by atoms with Gasteiger partial charge in [-0.15, -0.1) is 11.3 Å². The first-order valence-electron chi connectivity index (χ1n) is 13.3. The smallest absolute Gasteiger partial charge is 0.261 e. The molecule has 0 saturated carbocycles. The summed E-state index contributed by atoms with van der Waals surface area (Å²) in [5.74, 6) is -0.244. The highest BCUT2D eigenvalue weighted by atomic mass is 32.1. The third kappa shape index (κ3) is 7.00. The summed E-state index contributed by atoms with van der Waals surface area (Å²) in [5.41, 5.74) is 2.15. The van der Waals surface area contributed by atoms with Crippen LogP contribution in [0.2, 0.25) is 0 Å². The van der Waals surface area contributed by atoms with E-state index < -0.39 is 11.9 Å². The summed E-state index contributed by atoms with van der Waals surface area (Å²) < 4.78 is 16.6. The molecule has 1 aliphatic rings. The van der Waals surface area contributed by atoms with Gasteiger partial charge in [-0.2, -0.15) is 0 Å². The van der Waals surface area contributed by atoms with Crippen LogP contribution in [-0.2, 0) is 20.7 Å². The molecule has 0 radical (unpaired) electrons. The fourth-order valence-electron chi connectivity index (χ4n) is 4.62. The molecule has 1 fully saturated rings. The van der Waals surface area contributed by atoms with Crippen molar-refractivity contribution in [2.24, 2.45) is 0 Å². The number of anilines is 1. The average molecular weight is 566 g/mol. The SMILES string of the molecule is CCc1ccc(N(C(=O)CNC(=O)c2cccs2)C(C(=O)NCC2CCCO2)c2ccc(OC)c(OC)c2)cc1. The van der Waals surface area contributed by atoms with Gasteiger partial charge in [0.05, 0.1) is 31.7 Å². The number of aryl methyl sites for hydroxylation is 1. The molecule has 2 unspecified atom stereocenters. The predicted octanol–water partition coefficient (Wildman–Crippen LogP) is 4.13. The van der Waals surface area contributed by atoms with E-state index in [2.05, 4.69) is 10.6 Å². The van der Waals surface area contributed by atoms with Gasteiger partial charge in [0.2, 0.25) is 11.8 Å². The Morgan fingerprint density at radius 2 is 1.82 bits per heavy atom. The van der Waals surface area contributed by atoms with Crippen molar-refractivity contribution in [2.45, 2.75) is 38.3 Å². The number of thiophene rings is 1. The van der Waals surface area contributed by atoms with Crippen molar-refractivity contribution in [2.75, 3.05) is 38.8 Å². The lowest BCUT2D eigenvalue weighted by Crippen LogP contribution is -2.48. The normalized spacial score (nSPS) is 15.2. The van der Waals surface area contributed by atoms with Crippen molar-refractivity contribution in [3.63, 3.8) is 0 Å². The molecule has 1 aromatic heterocycles. The van der Waals surface area contributed by atoms with E-state index in [0.29, 0.717) is 40.8 Å². The minimum atomic E-state index is -1.06. The second kappa shape index (κ2) is 14.0. The number of carbonyl (C=O) groups excluding carboxylic acids is 3. The monoisotopic (exact) mass is 565 g/mol. The van der Waals surface area contributed by atoms with E-state index in [1.165, 1.54) is 30.5 Å². The Kier molecular flexibility index (Phi) is 10.2. The van der Waals surface area contributed by atoms with Gasteiger partial charge in [0, 0.05) is 18.8 Å². The maximum Gasteiger partial charge on any atom is 0.261 e. The molecule has 3 aromatic rings. The molecule has 0 bridgehead atoms. The van der Waals surface area contributed by atoms with Crippen LogP contribution < -0.4 is 25.0 Å². The van der Waals surface area contributed by atoms with Crippen LogP contribution in [0.15, 0.2) is 60.0 Å². The third-order valence-electron chi connectivity index (χ3n) is 6.79. The van der Waals surface area contributed by atoms with Gasteiger partial charge in [-0.05, 0) is 66.1 Å². The number of nitrogens with zero attached hydrogens (tertiary/aromatic N) is 1. The highest BCUT2D eigenvalue weighted by Gasteiger charge is 2.34. The molecular weight excluding hydrogens is 530 g/mol. The van der Waals surface area contributed by atoms with Crippen molar-refractivity contribution < 1.29 is 28.6 Å². The fourth-order valence-corrected chi connectivity index (χ4v) is 5.26. The number of nitrogens with one attached hydrogen (secondary N) is 2. The van der Waals surface area contributed by atoms with Crippen molar-refractivity contribution in [3.05, 3.63) is 76.0 Å². The van der Waals surface area contributed by atoms with Crippen molar-refractivity contribution in [3.8, 4) is 11.5 Å². The van der Waals surface area contributed by atoms with Crippen LogP contribution in [0.1, 0.15) is 46.6 Å². The van der Waals surface area contributed by atoms with E-state index in [1.807, 2.05) is 31.2 Å². The van der Waals surface area contributed by atoms with Gasteiger partial charge in [-0.1, -0.05) is 31.2 Å². The molecule has 2 N–H and O–H groups in total. The molecular formula is C30H35N3O6S. The lowest BCUT2D eigenvalue weighted by molar-refractivity contribution is -0.126. The molecule has 0 aliphatic carbocycles. The predicted molar refractivity (Wildman–Crippen MR) is 154 cm³/mol. The fraction of sp³-hybridized carbons (Fsp3) is 0.367. The van der Waals surface area contributed by atoms with E-state index in [-0.39, 0.29) is 24.5 Å². The van der Waals surface area contributed by atoms with Gasteiger partial charge in [-0.25, -0.2) is 0 Å². The van der Waals surface area contributed by atoms with Crippen LogP contribution in [-0.4, -0.2) is 57.7 Å². The van der Waals surface area contributed by atoms with Crippen LogP contribution in [0, 0.1) is 0 Å². The van der Waals surface area contributed by atoms with Crippen molar-refractivity contribution >= 4 is 34.7 Å². The molecule has 4 rings (SSSR count). The number of rotatable bonds is 12. The maximum absolute atomic E-state index is 13.9. The Balaban J connectivity index is 1.71. The molecule has 2 aromatic carbocycles. The summed E-state index contributed by atoms with van der Waals surface area (Å²) >= 11 is 1.29. The Hall–Kier alpha value is -3.89. The third-order valence-corrected chi connectivity index (χ3v) is 7.66. The summed E-state index contributed by atoms with van der Waals surface area (Å²) in [6, 6.07) is 15.0. The van der Waals surface area contributed by atoms with Gasteiger partial charge in [0.1, 0.15) is 6.04 Å². The van der Waals surface area contributed by atoms with Crippen LogP contribution in [0.3, 0.4) is 0 Å². The number of methoxy groups -OCH3 is 2. The largest absolute Gasteiger partial charge is 0.493 e. The quantitative estimate of drug-likeness (QED) is 0.342. The number of benzene rings is 2. The zero-order chi connectivity index (χ0) is 28.5. The molecule has 3 amide bonds. The summed E-state index contributed by atoms with van der Waals surface area (Å²) in [4.78, 5) is 42.4. The zero-order valence-electron chi connectivity index (χ0n) is 23.0. The molecule has 212 valence electrons. The summed E-state index contributed by atoms with van der Waals surface area (Å²) in [7, 11) is 3.05. The van der Waals surface area contributed by atoms with Crippen LogP contribution in [0.25, 0.3) is 0 Å². The van der Waals surface area contributed by atoms with E-state index >= 15 is 0 Å². The highest BCUT2D eigenvalue weighted by Crippen LogP contribution is 2.34. The van der Waals surface area contributed by atoms with Gasteiger partial charge in [0.15, 0.2) is 11.5 Å². The molecule has 10 heteroatoms. The Bertz CT molecular complexity index is 1290. The summed E-state index contributed by atoms with van der Waals surface area (Å²) in [6.07, 6.45) is 2.55. The van der Waals surface area contributed by atoms with Gasteiger partial charge in [0.25, 0.3) is 5.91 Å². The second-order valence-corrected chi connectivity index (χ2v) is 10.3. The molecule has 9 nitrogen and oxygen atoms in total. The first-order chi connectivity index (χ1) is 19.4. The first kappa shape index (κ1) is 29.1. The second-order valence-electron chi connectivity index (χ2n) is 9.34. The number of amides is 3. The van der Waals surface area contributed by atoms with Crippen LogP contribution >= 0.6 is 11.3 Å². The van der Waals surface area contributed by atoms with Crippen LogP contribution in [0.5, 0.6) is 11.5 Å². The molecule has 2 atom stereocenters. The highest BCUT2D eigenvalue weighted by molar-refractivity contribution is 7.12. The number of hydrogen-bond donors (Lipinski definition) is 2. The average Bonchev–Trinajstić information content (AvgIpc) is 3.72. The van der Waals surface area contributed by atoms with E-state index in [4.69, 9.17) is 14.2 Å². The Morgan fingerprint density at radius 1 is 1.05 bits per heavy atom. The Morgan fingerprint density at radius 3 is 2.45 bits per heavy atom. The molecule has 2 heterocycles. The minimum Gasteiger partial charge on any atom is -0.493 e. The van der Waals surface area contributed by atoms with Crippen molar-refractivity contribution in [1.82, 2.24) is 10.6 Å². The zero-order valence-corrected chi connectivity index (χ0v) is 23.8. The topological polar surface area (TPSA) is 106 Å². The minimum absolute atomic E-state index is 0.0759. The molecule has 0 spiro atoms. The Labute approximate surface area is 238 Å². The lowest BCUT2D eigenvalue weighted by atomic mass is 10.0. The van der Waals surface area contributed by atoms with Crippen molar-refractivity contribution in [1.29, 1.82) is 0 Å².